The summed E-state index contributed by atoms with van der Waals surface area (Å²) in [6.45, 7) is -0.130. The fourth-order valence-electron chi connectivity index (χ4n) is 2.40. The summed E-state index contributed by atoms with van der Waals surface area (Å²) in [6.07, 6.45) is 1.44. The zero-order valence-corrected chi connectivity index (χ0v) is 17.6. The number of carbonyl (C=O) groups excluding carboxylic acids is 1. The van der Waals surface area contributed by atoms with Gasteiger partial charge < -0.3 is 9.73 Å². The quantitative estimate of drug-likeness (QED) is 0.549. The zero-order valence-electron chi connectivity index (χ0n) is 14.5. The van der Waals surface area contributed by atoms with Gasteiger partial charge in [0.25, 0.3) is 0 Å². The van der Waals surface area contributed by atoms with E-state index in [1.54, 1.807) is 12.1 Å². The van der Waals surface area contributed by atoms with Crippen molar-refractivity contribution in [1.29, 1.82) is 0 Å². The topological polar surface area (TPSA) is 79.6 Å². The molecule has 0 saturated heterocycles. The molecule has 0 fully saturated rings. The number of hydrogen-bond acceptors (Lipinski definition) is 5. The first kappa shape index (κ1) is 20.9. The Hall–Kier alpha value is -1.84. The number of halogens is 2. The average Bonchev–Trinajstić information content (AvgIpc) is 3.35. The van der Waals surface area contributed by atoms with Crippen LogP contribution < -0.4 is 5.32 Å². The standard InChI is InChI=1S/C18H16Cl2N2O4S2/c19-16-6-5-15(9-17(16)20)28(24,25)22(11-13-3-1-7-26-13)12-18(23)21-10-14-4-2-8-27-14/h1-9H,10-12H2,(H,21,23). The van der Waals surface area contributed by atoms with Crippen LogP contribution in [-0.4, -0.2) is 25.2 Å². The summed E-state index contributed by atoms with van der Waals surface area (Å²) in [5, 5.41) is 4.99. The zero-order chi connectivity index (χ0) is 20.1. The Labute approximate surface area is 176 Å². The summed E-state index contributed by atoms with van der Waals surface area (Å²) >= 11 is 13.4. The Morgan fingerprint density at radius 1 is 1.14 bits per heavy atom. The van der Waals surface area contributed by atoms with Crippen LogP contribution in [0.4, 0.5) is 0 Å². The summed E-state index contributed by atoms with van der Waals surface area (Å²) in [4.78, 5) is 13.3. The number of nitrogens with zero attached hydrogens (tertiary/aromatic N) is 1. The lowest BCUT2D eigenvalue weighted by molar-refractivity contribution is -0.121. The third-order valence-corrected chi connectivity index (χ3v) is 7.20. The Morgan fingerprint density at radius 2 is 1.96 bits per heavy atom. The minimum absolute atomic E-state index is 0.0560. The van der Waals surface area contributed by atoms with Crippen molar-refractivity contribution in [3.63, 3.8) is 0 Å². The van der Waals surface area contributed by atoms with Crippen molar-refractivity contribution in [2.45, 2.75) is 18.0 Å². The molecule has 0 bridgehead atoms. The second-order valence-corrected chi connectivity index (χ2v) is 9.57. The van der Waals surface area contributed by atoms with E-state index in [0.29, 0.717) is 12.3 Å². The van der Waals surface area contributed by atoms with Crippen molar-refractivity contribution in [3.8, 4) is 0 Å². The molecule has 3 aromatic rings. The van der Waals surface area contributed by atoms with Crippen LogP contribution in [0.1, 0.15) is 10.6 Å². The molecule has 0 saturated carbocycles. The molecule has 10 heteroatoms. The molecule has 1 aromatic carbocycles. The minimum Gasteiger partial charge on any atom is -0.468 e. The maximum Gasteiger partial charge on any atom is 0.244 e. The van der Waals surface area contributed by atoms with Crippen molar-refractivity contribution in [3.05, 3.63) is 74.8 Å². The van der Waals surface area contributed by atoms with E-state index in [9.17, 15) is 13.2 Å². The highest BCUT2D eigenvalue weighted by atomic mass is 35.5. The fraction of sp³-hybridized carbons (Fsp3) is 0.167. The molecule has 0 spiro atoms. The largest absolute Gasteiger partial charge is 0.468 e. The number of sulfonamides is 1. The Morgan fingerprint density at radius 3 is 2.61 bits per heavy atom. The predicted octanol–water partition coefficient (Wildman–Crippen LogP) is 4.16. The highest BCUT2D eigenvalue weighted by Gasteiger charge is 2.28. The van der Waals surface area contributed by atoms with Gasteiger partial charge in [-0.1, -0.05) is 29.3 Å². The van der Waals surface area contributed by atoms with Crippen molar-refractivity contribution in [1.82, 2.24) is 9.62 Å². The molecule has 0 aliphatic heterocycles. The number of furan rings is 1. The molecule has 1 N–H and O–H groups in total. The van der Waals surface area contributed by atoms with E-state index in [0.717, 1.165) is 9.18 Å². The van der Waals surface area contributed by atoms with Gasteiger partial charge in [0.15, 0.2) is 0 Å². The second kappa shape index (κ2) is 9.11. The summed E-state index contributed by atoms with van der Waals surface area (Å²) < 4.78 is 32.5. The number of rotatable bonds is 8. The van der Waals surface area contributed by atoms with Crippen molar-refractivity contribution >= 4 is 50.5 Å². The van der Waals surface area contributed by atoms with Gasteiger partial charge in [-0.15, -0.1) is 11.3 Å². The number of benzene rings is 1. The number of thiophene rings is 1. The van der Waals surface area contributed by atoms with Crippen LogP contribution in [0.15, 0.2) is 63.4 Å². The van der Waals surface area contributed by atoms with Gasteiger partial charge in [0.05, 0.1) is 40.8 Å². The first-order valence-electron chi connectivity index (χ1n) is 8.13. The van der Waals surface area contributed by atoms with Crippen LogP contribution in [0, 0.1) is 0 Å². The number of amides is 1. The van der Waals surface area contributed by atoms with Gasteiger partial charge in [0.2, 0.25) is 15.9 Å². The summed E-state index contributed by atoms with van der Waals surface area (Å²) in [7, 11) is -4.01. The third kappa shape index (κ3) is 5.15. The molecule has 0 radical (unpaired) electrons. The molecule has 2 heterocycles. The number of nitrogens with one attached hydrogen (secondary N) is 1. The van der Waals surface area contributed by atoms with E-state index >= 15 is 0 Å². The second-order valence-electron chi connectivity index (χ2n) is 5.78. The lowest BCUT2D eigenvalue weighted by atomic mass is 10.4. The summed E-state index contributed by atoms with van der Waals surface area (Å²) in [5.41, 5.74) is 0. The maximum atomic E-state index is 13.1. The smallest absolute Gasteiger partial charge is 0.244 e. The van der Waals surface area contributed by atoms with Gasteiger partial charge in [0, 0.05) is 4.88 Å². The van der Waals surface area contributed by atoms with Crippen LogP contribution in [-0.2, 0) is 27.9 Å². The SMILES string of the molecule is O=C(CN(Cc1ccco1)S(=O)(=O)c1ccc(Cl)c(Cl)c1)NCc1cccs1. The molecule has 28 heavy (non-hydrogen) atoms. The predicted molar refractivity (Wildman–Crippen MR) is 109 cm³/mol. The molecule has 1 amide bonds. The molecule has 0 aliphatic carbocycles. The molecule has 2 aromatic heterocycles. The van der Waals surface area contributed by atoms with Crippen molar-refractivity contribution < 1.29 is 17.6 Å². The van der Waals surface area contributed by atoms with Gasteiger partial charge >= 0.3 is 0 Å². The van der Waals surface area contributed by atoms with Gasteiger partial charge in [-0.3, -0.25) is 4.79 Å². The maximum absolute atomic E-state index is 13.1. The first-order valence-corrected chi connectivity index (χ1v) is 11.2. The molecule has 0 atom stereocenters. The van der Waals surface area contributed by atoms with Gasteiger partial charge in [-0.05, 0) is 41.8 Å². The molecular weight excluding hydrogens is 443 g/mol. The van der Waals surface area contributed by atoms with E-state index in [2.05, 4.69) is 5.32 Å². The van der Waals surface area contributed by atoms with Gasteiger partial charge in [0.1, 0.15) is 5.76 Å². The number of hydrogen-bond donors (Lipinski definition) is 1. The lowest BCUT2D eigenvalue weighted by Gasteiger charge is -2.21. The Bertz CT molecular complexity index is 1040. The minimum atomic E-state index is -4.01. The highest BCUT2D eigenvalue weighted by molar-refractivity contribution is 7.89. The fourth-order valence-corrected chi connectivity index (χ4v) is 4.80. The number of carbonyl (C=O) groups is 1. The van der Waals surface area contributed by atoms with E-state index in [1.165, 1.54) is 35.8 Å². The third-order valence-electron chi connectivity index (χ3n) is 3.80. The normalized spacial score (nSPS) is 11.7. The molecule has 3 rings (SSSR count). The van der Waals surface area contributed by atoms with E-state index in [-0.39, 0.29) is 28.0 Å². The monoisotopic (exact) mass is 458 g/mol. The molecule has 0 aliphatic rings. The first-order chi connectivity index (χ1) is 13.4. The molecule has 148 valence electrons. The average molecular weight is 459 g/mol. The molecular formula is C18H16Cl2N2O4S2. The van der Waals surface area contributed by atoms with Gasteiger partial charge in [-0.25, -0.2) is 8.42 Å². The summed E-state index contributed by atoms with van der Waals surface area (Å²) in [6, 6.07) is 11.1. The Balaban J connectivity index is 1.81. The van der Waals surface area contributed by atoms with E-state index in [1.807, 2.05) is 17.5 Å². The van der Waals surface area contributed by atoms with E-state index in [4.69, 9.17) is 27.6 Å². The molecule has 6 nitrogen and oxygen atoms in total. The van der Waals surface area contributed by atoms with Gasteiger partial charge in [-0.2, -0.15) is 4.31 Å². The van der Waals surface area contributed by atoms with Crippen molar-refractivity contribution in [2.75, 3.05) is 6.54 Å². The van der Waals surface area contributed by atoms with E-state index < -0.39 is 15.9 Å². The highest BCUT2D eigenvalue weighted by Crippen LogP contribution is 2.27. The molecule has 0 unspecified atom stereocenters. The van der Waals surface area contributed by atoms with Crippen LogP contribution in [0.25, 0.3) is 0 Å². The Kier molecular flexibility index (Phi) is 6.79. The van der Waals surface area contributed by atoms with Crippen LogP contribution in [0.2, 0.25) is 10.0 Å². The van der Waals surface area contributed by atoms with Crippen LogP contribution in [0.3, 0.4) is 0 Å². The lowest BCUT2D eigenvalue weighted by Crippen LogP contribution is -2.40. The van der Waals surface area contributed by atoms with Crippen LogP contribution in [0.5, 0.6) is 0 Å². The van der Waals surface area contributed by atoms with Crippen LogP contribution >= 0.6 is 34.5 Å². The summed E-state index contributed by atoms with van der Waals surface area (Å²) in [5.74, 6) is -0.0155. The van der Waals surface area contributed by atoms with Crippen molar-refractivity contribution in [2.24, 2.45) is 0 Å².